The van der Waals surface area contributed by atoms with Crippen molar-refractivity contribution in [2.45, 2.75) is 26.4 Å². The second-order valence-electron chi connectivity index (χ2n) is 3.74. The molecule has 2 aromatic rings. The van der Waals surface area contributed by atoms with E-state index in [-0.39, 0.29) is 0 Å². The van der Waals surface area contributed by atoms with Gasteiger partial charge in [0, 0.05) is 25.5 Å². The number of hydrogen-bond acceptors (Lipinski definition) is 3. The van der Waals surface area contributed by atoms with Gasteiger partial charge in [-0.15, -0.1) is 0 Å². The minimum Gasteiger partial charge on any atom is -0.378 e. The van der Waals surface area contributed by atoms with E-state index >= 15 is 0 Å². The van der Waals surface area contributed by atoms with Gasteiger partial charge in [-0.1, -0.05) is 6.92 Å². The van der Waals surface area contributed by atoms with Gasteiger partial charge in [-0.05, 0) is 18.1 Å². The lowest BCUT2D eigenvalue weighted by atomic mass is 10.3. The Labute approximate surface area is 95.4 Å². The minimum atomic E-state index is 0.810. The molecule has 0 bridgehead atoms. The van der Waals surface area contributed by atoms with Crippen molar-refractivity contribution < 1.29 is 0 Å². The molecule has 2 aromatic heterocycles. The normalized spacial score (nSPS) is 10.3. The van der Waals surface area contributed by atoms with Crippen LogP contribution in [0.3, 0.4) is 0 Å². The third-order valence-electron chi connectivity index (χ3n) is 2.35. The Morgan fingerprint density at radius 3 is 2.88 bits per heavy atom. The molecule has 2 heterocycles. The van der Waals surface area contributed by atoms with E-state index in [1.807, 2.05) is 0 Å². The van der Waals surface area contributed by atoms with Crippen molar-refractivity contribution in [3.05, 3.63) is 42.7 Å². The standard InChI is InChI=1S/C12H16N4/c1-2-4-16-5-3-11(9-16)6-15-12-7-13-10-14-8-12/h3,5,7-10,15H,2,4,6H2,1H3. The number of aryl methyl sites for hydroxylation is 1. The summed E-state index contributed by atoms with van der Waals surface area (Å²) in [6, 6.07) is 2.13. The highest BCUT2D eigenvalue weighted by molar-refractivity contribution is 5.37. The summed E-state index contributed by atoms with van der Waals surface area (Å²) in [5, 5.41) is 3.28. The molecule has 0 saturated heterocycles. The summed E-state index contributed by atoms with van der Waals surface area (Å²) >= 11 is 0. The minimum absolute atomic E-state index is 0.810. The summed E-state index contributed by atoms with van der Waals surface area (Å²) < 4.78 is 2.21. The van der Waals surface area contributed by atoms with E-state index in [0.29, 0.717) is 0 Å². The van der Waals surface area contributed by atoms with E-state index < -0.39 is 0 Å². The van der Waals surface area contributed by atoms with E-state index in [0.717, 1.165) is 25.2 Å². The van der Waals surface area contributed by atoms with Crippen molar-refractivity contribution in [3.8, 4) is 0 Å². The zero-order valence-corrected chi connectivity index (χ0v) is 9.43. The van der Waals surface area contributed by atoms with Crippen molar-refractivity contribution in [1.82, 2.24) is 14.5 Å². The van der Waals surface area contributed by atoms with Gasteiger partial charge in [0.1, 0.15) is 6.33 Å². The molecule has 0 amide bonds. The molecular formula is C12H16N4. The molecule has 0 spiro atoms. The maximum absolute atomic E-state index is 3.95. The molecule has 0 fully saturated rings. The molecule has 0 aliphatic carbocycles. The van der Waals surface area contributed by atoms with E-state index in [1.54, 1.807) is 12.4 Å². The Morgan fingerprint density at radius 2 is 2.12 bits per heavy atom. The fourth-order valence-corrected chi connectivity index (χ4v) is 1.59. The number of rotatable bonds is 5. The summed E-state index contributed by atoms with van der Waals surface area (Å²) in [4.78, 5) is 7.91. The van der Waals surface area contributed by atoms with Crippen LogP contribution >= 0.6 is 0 Å². The smallest absolute Gasteiger partial charge is 0.115 e. The first-order chi connectivity index (χ1) is 7.88. The molecule has 0 radical (unpaired) electrons. The van der Waals surface area contributed by atoms with Crippen LogP contribution in [0.5, 0.6) is 0 Å². The van der Waals surface area contributed by atoms with E-state index in [4.69, 9.17) is 0 Å². The third kappa shape index (κ3) is 2.82. The summed E-state index contributed by atoms with van der Waals surface area (Å²) in [7, 11) is 0. The Bertz CT molecular complexity index is 422. The van der Waals surface area contributed by atoms with Gasteiger partial charge in [-0.2, -0.15) is 0 Å². The molecule has 0 aliphatic rings. The SMILES string of the molecule is CCCn1ccc(CNc2cncnc2)c1. The molecule has 4 heteroatoms. The maximum atomic E-state index is 3.95. The van der Waals surface area contributed by atoms with Gasteiger partial charge in [0.25, 0.3) is 0 Å². The second-order valence-corrected chi connectivity index (χ2v) is 3.74. The number of nitrogens with one attached hydrogen (secondary N) is 1. The lowest BCUT2D eigenvalue weighted by Crippen LogP contribution is -1.99. The predicted molar refractivity (Wildman–Crippen MR) is 64.1 cm³/mol. The van der Waals surface area contributed by atoms with Crippen LogP contribution in [0, 0.1) is 0 Å². The second kappa shape index (κ2) is 5.30. The Hall–Kier alpha value is -1.84. The highest BCUT2D eigenvalue weighted by Crippen LogP contribution is 2.07. The molecular weight excluding hydrogens is 200 g/mol. The molecule has 1 N–H and O–H groups in total. The zero-order chi connectivity index (χ0) is 11.2. The average molecular weight is 216 g/mol. The predicted octanol–water partition coefficient (Wildman–Crippen LogP) is 2.30. The summed E-state index contributed by atoms with van der Waals surface area (Å²) in [5.74, 6) is 0. The summed E-state index contributed by atoms with van der Waals surface area (Å²) in [5.41, 5.74) is 2.23. The molecule has 16 heavy (non-hydrogen) atoms. The van der Waals surface area contributed by atoms with Crippen LogP contribution in [0.15, 0.2) is 37.2 Å². The van der Waals surface area contributed by atoms with Crippen LogP contribution in [0.25, 0.3) is 0 Å². The number of anilines is 1. The van der Waals surface area contributed by atoms with Crippen LogP contribution in [-0.4, -0.2) is 14.5 Å². The van der Waals surface area contributed by atoms with Crippen molar-refractivity contribution in [1.29, 1.82) is 0 Å². The number of hydrogen-bond donors (Lipinski definition) is 1. The van der Waals surface area contributed by atoms with Crippen molar-refractivity contribution in [2.24, 2.45) is 0 Å². The number of aromatic nitrogens is 3. The highest BCUT2D eigenvalue weighted by atomic mass is 15.0. The first kappa shape index (κ1) is 10.7. The quantitative estimate of drug-likeness (QED) is 0.834. The van der Waals surface area contributed by atoms with Gasteiger partial charge in [0.2, 0.25) is 0 Å². The largest absolute Gasteiger partial charge is 0.378 e. The van der Waals surface area contributed by atoms with Crippen molar-refractivity contribution >= 4 is 5.69 Å². The van der Waals surface area contributed by atoms with E-state index in [1.165, 1.54) is 11.9 Å². The fourth-order valence-electron chi connectivity index (χ4n) is 1.59. The lowest BCUT2D eigenvalue weighted by Gasteiger charge is -2.03. The van der Waals surface area contributed by atoms with Gasteiger partial charge >= 0.3 is 0 Å². The molecule has 0 saturated carbocycles. The van der Waals surface area contributed by atoms with Gasteiger partial charge in [-0.25, -0.2) is 9.97 Å². The summed E-state index contributed by atoms with van der Waals surface area (Å²) in [6.07, 6.45) is 10.5. The maximum Gasteiger partial charge on any atom is 0.115 e. The van der Waals surface area contributed by atoms with Crippen molar-refractivity contribution in [2.75, 3.05) is 5.32 Å². The molecule has 0 aromatic carbocycles. The van der Waals surface area contributed by atoms with E-state index in [9.17, 15) is 0 Å². The van der Waals surface area contributed by atoms with Crippen molar-refractivity contribution in [3.63, 3.8) is 0 Å². The molecule has 0 unspecified atom stereocenters. The highest BCUT2D eigenvalue weighted by Gasteiger charge is 1.96. The van der Waals surface area contributed by atoms with Gasteiger partial charge in [0.15, 0.2) is 0 Å². The van der Waals surface area contributed by atoms with Crippen LogP contribution in [0.1, 0.15) is 18.9 Å². The van der Waals surface area contributed by atoms with Crippen LogP contribution in [-0.2, 0) is 13.1 Å². The Morgan fingerprint density at radius 1 is 1.31 bits per heavy atom. The van der Waals surface area contributed by atoms with Crippen LogP contribution in [0.2, 0.25) is 0 Å². The van der Waals surface area contributed by atoms with E-state index in [2.05, 4.69) is 45.2 Å². The Kier molecular flexibility index (Phi) is 3.53. The fraction of sp³-hybridized carbons (Fsp3) is 0.333. The molecule has 4 nitrogen and oxygen atoms in total. The lowest BCUT2D eigenvalue weighted by molar-refractivity contribution is 0.681. The third-order valence-corrected chi connectivity index (χ3v) is 2.35. The first-order valence-electron chi connectivity index (χ1n) is 5.52. The molecule has 84 valence electrons. The summed E-state index contributed by atoms with van der Waals surface area (Å²) in [6.45, 7) is 4.07. The van der Waals surface area contributed by atoms with Crippen LogP contribution in [0.4, 0.5) is 5.69 Å². The zero-order valence-electron chi connectivity index (χ0n) is 9.43. The topological polar surface area (TPSA) is 42.7 Å². The molecule has 0 atom stereocenters. The monoisotopic (exact) mass is 216 g/mol. The van der Waals surface area contributed by atoms with Crippen LogP contribution < -0.4 is 5.32 Å². The average Bonchev–Trinajstić information content (AvgIpc) is 2.76. The number of nitrogens with zero attached hydrogens (tertiary/aromatic N) is 3. The van der Waals surface area contributed by atoms with Gasteiger partial charge < -0.3 is 9.88 Å². The molecule has 0 aliphatic heterocycles. The Balaban J connectivity index is 1.89. The molecule has 2 rings (SSSR count). The van der Waals surface area contributed by atoms with Gasteiger partial charge in [0.05, 0.1) is 18.1 Å². The van der Waals surface area contributed by atoms with Gasteiger partial charge in [-0.3, -0.25) is 0 Å². The first-order valence-corrected chi connectivity index (χ1v) is 5.52.